The highest BCUT2D eigenvalue weighted by molar-refractivity contribution is 7.99. The Bertz CT molecular complexity index is 596. The van der Waals surface area contributed by atoms with E-state index in [4.69, 9.17) is 5.11 Å². The third kappa shape index (κ3) is 3.84. The van der Waals surface area contributed by atoms with E-state index in [0.29, 0.717) is 6.54 Å². The van der Waals surface area contributed by atoms with Gasteiger partial charge in [-0.3, -0.25) is 9.48 Å². The number of thioether (sulfide) groups is 1. The number of hydrogen-bond donors (Lipinski definition) is 1. The fourth-order valence-corrected chi connectivity index (χ4v) is 2.50. The Hall–Kier alpha value is -1.82. The minimum absolute atomic E-state index is 0.00172. The molecule has 0 aliphatic carbocycles. The minimum atomic E-state index is -0.859. The van der Waals surface area contributed by atoms with Crippen LogP contribution in [-0.4, -0.2) is 26.6 Å². The highest BCUT2D eigenvalue weighted by Gasteiger charge is 2.10. The van der Waals surface area contributed by atoms with Crippen LogP contribution in [-0.2, 0) is 17.8 Å². The molecule has 6 heteroatoms. The Balaban J connectivity index is 2.18. The predicted octanol–water partition coefficient (Wildman–Crippen LogP) is 2.81. The standard InChI is InChI=1S/C14H15FN2O2S/c1-2-12-7-13(20-9-14(18)19)17(16-12)8-10-3-5-11(15)6-4-10/h3-7H,2,8-9H2,1H3,(H,18,19). The number of aryl methyl sites for hydroxylation is 1. The highest BCUT2D eigenvalue weighted by atomic mass is 32.2. The molecule has 4 nitrogen and oxygen atoms in total. The number of aromatic nitrogens is 2. The highest BCUT2D eigenvalue weighted by Crippen LogP contribution is 2.21. The molecule has 0 saturated carbocycles. The lowest BCUT2D eigenvalue weighted by molar-refractivity contribution is -0.133. The number of aliphatic carboxylic acids is 1. The molecule has 0 unspecified atom stereocenters. The lowest BCUT2D eigenvalue weighted by Crippen LogP contribution is -2.05. The number of hydrogen-bond acceptors (Lipinski definition) is 3. The van der Waals surface area contributed by atoms with Gasteiger partial charge in [-0.2, -0.15) is 5.10 Å². The Morgan fingerprint density at radius 1 is 1.40 bits per heavy atom. The summed E-state index contributed by atoms with van der Waals surface area (Å²) in [6.45, 7) is 2.50. The summed E-state index contributed by atoms with van der Waals surface area (Å²) in [5.41, 5.74) is 1.84. The van der Waals surface area contributed by atoms with Gasteiger partial charge in [0.25, 0.3) is 0 Å². The van der Waals surface area contributed by atoms with Gasteiger partial charge in [0.15, 0.2) is 0 Å². The molecule has 106 valence electrons. The topological polar surface area (TPSA) is 55.1 Å². The molecule has 0 radical (unpaired) electrons. The first-order valence-electron chi connectivity index (χ1n) is 6.24. The smallest absolute Gasteiger partial charge is 0.313 e. The zero-order valence-electron chi connectivity index (χ0n) is 11.0. The SMILES string of the molecule is CCc1cc(SCC(=O)O)n(Cc2ccc(F)cc2)n1. The molecule has 1 aromatic carbocycles. The van der Waals surface area contributed by atoms with Crippen molar-refractivity contribution in [2.24, 2.45) is 0 Å². The molecule has 1 heterocycles. The summed E-state index contributed by atoms with van der Waals surface area (Å²) < 4.78 is 14.6. The van der Waals surface area contributed by atoms with Gasteiger partial charge >= 0.3 is 5.97 Å². The van der Waals surface area contributed by atoms with Crippen molar-refractivity contribution in [1.82, 2.24) is 9.78 Å². The molecular weight excluding hydrogens is 279 g/mol. The second-order valence-corrected chi connectivity index (χ2v) is 5.29. The van der Waals surface area contributed by atoms with Crippen LogP contribution in [0.1, 0.15) is 18.2 Å². The van der Waals surface area contributed by atoms with Crippen LogP contribution in [0.3, 0.4) is 0 Å². The van der Waals surface area contributed by atoms with Crippen LogP contribution < -0.4 is 0 Å². The molecule has 0 amide bonds. The van der Waals surface area contributed by atoms with Crippen molar-refractivity contribution >= 4 is 17.7 Å². The minimum Gasteiger partial charge on any atom is -0.481 e. The summed E-state index contributed by atoms with van der Waals surface area (Å²) >= 11 is 1.24. The van der Waals surface area contributed by atoms with Gasteiger partial charge in [0.05, 0.1) is 23.0 Å². The molecule has 1 N–H and O–H groups in total. The van der Waals surface area contributed by atoms with E-state index < -0.39 is 5.97 Å². The summed E-state index contributed by atoms with van der Waals surface area (Å²) in [5.74, 6) is -1.13. The molecule has 0 bridgehead atoms. The number of carboxylic acid groups (broad SMARTS) is 1. The molecule has 0 spiro atoms. The van der Waals surface area contributed by atoms with E-state index in [0.717, 1.165) is 22.7 Å². The molecular formula is C14H15FN2O2S. The number of halogens is 1. The largest absolute Gasteiger partial charge is 0.481 e. The van der Waals surface area contributed by atoms with Crippen LogP contribution in [0, 0.1) is 5.82 Å². The van der Waals surface area contributed by atoms with Crippen molar-refractivity contribution in [1.29, 1.82) is 0 Å². The maximum absolute atomic E-state index is 12.9. The van der Waals surface area contributed by atoms with Gasteiger partial charge < -0.3 is 5.11 Å². The first-order chi connectivity index (χ1) is 9.58. The molecule has 0 saturated heterocycles. The van der Waals surface area contributed by atoms with Crippen LogP contribution in [0.4, 0.5) is 4.39 Å². The predicted molar refractivity (Wildman–Crippen MR) is 75.5 cm³/mol. The number of carboxylic acids is 1. The molecule has 0 aliphatic heterocycles. The van der Waals surface area contributed by atoms with Crippen LogP contribution in [0.5, 0.6) is 0 Å². The number of rotatable bonds is 6. The molecule has 20 heavy (non-hydrogen) atoms. The fourth-order valence-electron chi connectivity index (χ4n) is 1.75. The average Bonchev–Trinajstić information content (AvgIpc) is 2.81. The van der Waals surface area contributed by atoms with E-state index >= 15 is 0 Å². The van der Waals surface area contributed by atoms with Gasteiger partial charge in [-0.1, -0.05) is 30.8 Å². The zero-order valence-corrected chi connectivity index (χ0v) is 11.9. The van der Waals surface area contributed by atoms with E-state index in [9.17, 15) is 9.18 Å². The second-order valence-electron chi connectivity index (χ2n) is 4.29. The number of benzene rings is 1. The number of nitrogens with zero attached hydrogens (tertiary/aromatic N) is 2. The van der Waals surface area contributed by atoms with Gasteiger partial charge in [0.2, 0.25) is 0 Å². The van der Waals surface area contributed by atoms with Crippen molar-refractivity contribution in [3.05, 3.63) is 47.4 Å². The van der Waals surface area contributed by atoms with E-state index in [-0.39, 0.29) is 11.6 Å². The van der Waals surface area contributed by atoms with E-state index in [2.05, 4.69) is 5.10 Å². The van der Waals surface area contributed by atoms with Crippen molar-refractivity contribution in [3.63, 3.8) is 0 Å². The molecule has 0 fully saturated rings. The third-order valence-corrected chi connectivity index (χ3v) is 3.76. The van der Waals surface area contributed by atoms with Crippen molar-refractivity contribution in [2.75, 3.05) is 5.75 Å². The summed E-state index contributed by atoms with van der Waals surface area (Å²) in [5, 5.41) is 14.0. The Labute approximate surface area is 120 Å². The molecule has 2 rings (SSSR count). The quantitative estimate of drug-likeness (QED) is 0.832. The lowest BCUT2D eigenvalue weighted by Gasteiger charge is -2.06. The monoisotopic (exact) mass is 294 g/mol. The lowest BCUT2D eigenvalue weighted by atomic mass is 10.2. The maximum atomic E-state index is 12.9. The van der Waals surface area contributed by atoms with E-state index in [1.54, 1.807) is 16.8 Å². The molecule has 2 aromatic rings. The van der Waals surface area contributed by atoms with Crippen molar-refractivity contribution in [2.45, 2.75) is 24.9 Å². The van der Waals surface area contributed by atoms with E-state index in [1.807, 2.05) is 13.0 Å². The van der Waals surface area contributed by atoms with E-state index in [1.165, 1.54) is 23.9 Å². The van der Waals surface area contributed by atoms with Gasteiger partial charge in [-0.05, 0) is 30.2 Å². The van der Waals surface area contributed by atoms with Gasteiger partial charge in [0, 0.05) is 0 Å². The van der Waals surface area contributed by atoms with Crippen LogP contribution in [0.15, 0.2) is 35.4 Å². The average molecular weight is 294 g/mol. The first-order valence-corrected chi connectivity index (χ1v) is 7.23. The van der Waals surface area contributed by atoms with Crippen LogP contribution >= 0.6 is 11.8 Å². The molecule has 1 aromatic heterocycles. The molecule has 0 atom stereocenters. The first kappa shape index (κ1) is 14.6. The Kier molecular flexibility index (Phi) is 4.79. The fraction of sp³-hybridized carbons (Fsp3) is 0.286. The van der Waals surface area contributed by atoms with Crippen LogP contribution in [0.25, 0.3) is 0 Å². The third-order valence-electron chi connectivity index (χ3n) is 2.75. The summed E-state index contributed by atoms with van der Waals surface area (Å²) in [6.07, 6.45) is 0.789. The van der Waals surface area contributed by atoms with Crippen molar-refractivity contribution < 1.29 is 14.3 Å². The van der Waals surface area contributed by atoms with Crippen LogP contribution in [0.2, 0.25) is 0 Å². The summed E-state index contributed by atoms with van der Waals surface area (Å²) in [6, 6.07) is 8.12. The Morgan fingerprint density at radius 3 is 2.70 bits per heavy atom. The zero-order chi connectivity index (χ0) is 14.5. The Morgan fingerprint density at radius 2 is 2.10 bits per heavy atom. The normalized spacial score (nSPS) is 10.7. The van der Waals surface area contributed by atoms with Gasteiger partial charge in [0.1, 0.15) is 5.82 Å². The molecule has 0 aliphatic rings. The second kappa shape index (κ2) is 6.56. The maximum Gasteiger partial charge on any atom is 0.313 e. The van der Waals surface area contributed by atoms with Gasteiger partial charge in [-0.25, -0.2) is 4.39 Å². The summed E-state index contributed by atoms with van der Waals surface area (Å²) in [7, 11) is 0. The number of carbonyl (C=O) groups is 1. The van der Waals surface area contributed by atoms with Gasteiger partial charge in [-0.15, -0.1) is 0 Å². The summed E-state index contributed by atoms with van der Waals surface area (Å²) in [4.78, 5) is 10.7. The van der Waals surface area contributed by atoms with Crippen molar-refractivity contribution in [3.8, 4) is 0 Å².